The van der Waals surface area contributed by atoms with Crippen molar-refractivity contribution in [2.24, 2.45) is 11.8 Å². The SMILES string of the molecule is CC(=O)C(C)=C(C)O.CC(=O)C=C(C)O.Cc1[c-]c(-c2cc(CC(C)C)c3cc(-c4ccccc4)ccc3n2)cc(C)c1.Cc1[c-]c(-c2cc(CC(C)C)c3cc(C)ccc3n2)cc(C)c1.Cc1ccc(-c2[c-]cccc2)nc1.Cc1ccc(-c2[c-]cccc2)nc1.Cc1ccnc(-c2[c-]cc3oc4ccccc4c3c2)c1.Cc1ccnc(-c2[c-]cc3sc4ccccc4c3c2)c1.[Ir].[Ir].[Ir].[Ir]. The molecule has 0 aliphatic rings. The Morgan fingerprint density at radius 1 is 0.368 bits per heavy atom. The molecule has 700 valence electrons. The predicted octanol–water partition coefficient (Wildman–Crippen LogP) is 31.2. The molecule has 0 saturated heterocycles. The molecule has 11 nitrogen and oxygen atoms in total. The summed E-state index contributed by atoms with van der Waals surface area (Å²) in [6, 6.07) is 114. The number of thiophene rings is 1. The van der Waals surface area contributed by atoms with Gasteiger partial charge in [0.05, 0.1) is 28.1 Å². The first-order valence-electron chi connectivity index (χ1n) is 44.4. The number of benzene rings is 11. The largest absolute Gasteiger partial charge is 0.512 e. The molecule has 0 atom stereocenters. The molecule has 11 aromatic carbocycles. The maximum atomic E-state index is 10.4. The van der Waals surface area contributed by atoms with Crippen LogP contribution in [0.2, 0.25) is 0 Å². The number of aryl methyl sites for hydroxylation is 9. The van der Waals surface area contributed by atoms with Crippen LogP contribution in [0.15, 0.2) is 325 Å². The molecule has 0 aliphatic heterocycles. The molecule has 0 amide bonds. The molecule has 0 saturated carbocycles. The van der Waals surface area contributed by atoms with E-state index < -0.39 is 0 Å². The Kier molecular flexibility index (Phi) is 42.4. The maximum Gasteiger partial charge on any atom is 0.158 e. The summed E-state index contributed by atoms with van der Waals surface area (Å²) in [5.41, 5.74) is 32.7. The van der Waals surface area contributed by atoms with Crippen LogP contribution >= 0.6 is 11.3 Å². The predicted molar refractivity (Wildman–Crippen MR) is 550 cm³/mol. The summed E-state index contributed by atoms with van der Waals surface area (Å²) in [6.07, 6.45) is 10.7. The van der Waals surface area contributed by atoms with Gasteiger partial charge in [-0.15, -0.1) is 189 Å². The fourth-order valence-corrected chi connectivity index (χ4v) is 16.1. The Labute approximate surface area is 860 Å². The first-order valence-corrected chi connectivity index (χ1v) is 45.2. The van der Waals surface area contributed by atoms with Crippen molar-refractivity contribution in [2.45, 2.75) is 137 Å². The van der Waals surface area contributed by atoms with Gasteiger partial charge in [-0.1, -0.05) is 210 Å². The van der Waals surface area contributed by atoms with Crippen LogP contribution in [0.5, 0.6) is 0 Å². The molecule has 0 unspecified atom stereocenters. The number of pyridine rings is 6. The number of Topliss-reactive ketones (excluding diaryl/α,β-unsaturated/α-hetero) is 1. The molecule has 16 heteroatoms. The number of carbonyl (C=O) groups excluding carboxylic acids is 2. The van der Waals surface area contributed by atoms with Gasteiger partial charge in [0.15, 0.2) is 11.6 Å². The first kappa shape index (κ1) is 109. The molecular formula is C120H112Ir4N6O5S-6. The standard InChI is InChI=1S/C27H26N.C22H24N.C18H12NO.C18H12NS.2C12H10N.C6H10O2.C5H8O2.4Ir/c1-18(2)12-23-17-27(24-14-19(3)13-20(4)15-24)28-26-11-10-22(16-25(23)26)21-8-6-5-7-9-21;1-14(2)8-18-13-22(19-10-16(4)9-17(5)11-19)23-21-7-6-15(3)12-20(18)21;2*1-12-8-9-19-16(10-12)13-6-7-18-15(11-13)14-4-2-3-5-17(14)20-18;2*1-10-7-8-12(13-9-10)11-5-3-2-4-6-11;1-4(5(2)7)6(3)8;1-4(6)3-5(2)7;;;;/h5-11,13-14,16-18H,12H2,1-4H3;6-7,9-10,12-14H,8H2,1-5H3;2*2-5,7-11H,1H3;2*2-5,7-9H,1H3;7H,1-3H3;3,6H,1-2H3;;;;/q6*-1;;;;;;. The summed E-state index contributed by atoms with van der Waals surface area (Å²) < 4.78 is 8.42. The third-order valence-corrected chi connectivity index (χ3v) is 22.6. The molecule has 0 bridgehead atoms. The van der Waals surface area contributed by atoms with Crippen LogP contribution in [-0.2, 0) is 103 Å². The number of ketones is 2. The Balaban J connectivity index is 0.000000196. The maximum absolute atomic E-state index is 10.4. The van der Waals surface area contributed by atoms with Gasteiger partial charge in [0.2, 0.25) is 0 Å². The average Bonchev–Trinajstić information content (AvgIpc) is 1.65. The van der Waals surface area contributed by atoms with Crippen LogP contribution < -0.4 is 0 Å². The number of para-hydroxylation sites is 1. The number of aliphatic hydroxyl groups is 2. The van der Waals surface area contributed by atoms with Gasteiger partial charge < -0.3 is 34.6 Å². The summed E-state index contributed by atoms with van der Waals surface area (Å²) in [6.45, 7) is 35.3. The number of carbonyl (C=O) groups is 2. The molecule has 8 heterocycles. The van der Waals surface area contributed by atoms with Gasteiger partial charge >= 0.3 is 0 Å². The molecule has 0 aliphatic carbocycles. The Bertz CT molecular complexity index is 6980. The normalized spacial score (nSPS) is 10.8. The van der Waals surface area contributed by atoms with Crippen molar-refractivity contribution < 1.29 is 105 Å². The van der Waals surface area contributed by atoms with Crippen LogP contribution in [0.4, 0.5) is 0 Å². The first-order chi connectivity index (χ1) is 63.4. The van der Waals surface area contributed by atoms with Crippen LogP contribution in [0.25, 0.3) is 143 Å². The van der Waals surface area contributed by atoms with Gasteiger partial charge in [0.25, 0.3) is 0 Å². The van der Waals surface area contributed by atoms with Gasteiger partial charge in [-0.25, -0.2) is 0 Å². The zero-order valence-corrected chi connectivity index (χ0v) is 90.4. The Morgan fingerprint density at radius 3 is 1.29 bits per heavy atom. The minimum atomic E-state index is -0.125. The van der Waals surface area contributed by atoms with Crippen molar-refractivity contribution in [1.29, 1.82) is 0 Å². The molecule has 0 fully saturated rings. The van der Waals surface area contributed by atoms with Crippen molar-refractivity contribution in [3.63, 3.8) is 0 Å². The molecular weight excluding hydrogens is 2410 g/mol. The fraction of sp³-hybridized carbons (Fsp3) is 0.183. The van der Waals surface area contributed by atoms with Gasteiger partial charge in [-0.2, -0.15) is 11.3 Å². The second-order valence-electron chi connectivity index (χ2n) is 34.2. The summed E-state index contributed by atoms with van der Waals surface area (Å²) in [7, 11) is 0. The van der Waals surface area contributed by atoms with Crippen LogP contribution in [0.1, 0.15) is 124 Å². The van der Waals surface area contributed by atoms with Gasteiger partial charge in [-0.3, -0.25) is 19.6 Å². The molecule has 0 spiro atoms. The van der Waals surface area contributed by atoms with E-state index in [9.17, 15) is 9.59 Å². The van der Waals surface area contributed by atoms with E-state index in [1.807, 2.05) is 147 Å². The summed E-state index contributed by atoms with van der Waals surface area (Å²) in [5, 5.41) is 24.4. The van der Waals surface area contributed by atoms with Gasteiger partial charge in [0, 0.05) is 138 Å². The Hall–Kier alpha value is -12.1. The van der Waals surface area contributed by atoms with Crippen LogP contribution in [0.3, 0.4) is 0 Å². The van der Waals surface area contributed by atoms with E-state index in [0.717, 1.165) is 124 Å². The fourth-order valence-electron chi connectivity index (χ4n) is 15.0. The molecule has 2 N–H and O–H groups in total. The minimum Gasteiger partial charge on any atom is -0.512 e. The van der Waals surface area contributed by atoms with E-state index in [0.29, 0.717) is 17.4 Å². The topological polar surface area (TPSA) is 165 Å². The smallest absolute Gasteiger partial charge is 0.158 e. The van der Waals surface area contributed by atoms with Crippen LogP contribution in [-0.4, -0.2) is 51.7 Å². The van der Waals surface area contributed by atoms with E-state index >= 15 is 0 Å². The van der Waals surface area contributed by atoms with E-state index in [2.05, 4.69) is 308 Å². The van der Waals surface area contributed by atoms with Gasteiger partial charge in [-0.05, 0) is 220 Å². The second kappa shape index (κ2) is 52.8. The number of hydrogen-bond donors (Lipinski definition) is 2. The Morgan fingerprint density at radius 2 is 0.838 bits per heavy atom. The van der Waals surface area contributed by atoms with E-state index in [4.69, 9.17) is 24.6 Å². The number of fused-ring (bicyclic) bond motifs is 8. The summed E-state index contributed by atoms with van der Waals surface area (Å²) in [5.74, 6) is 1.18. The number of aliphatic hydroxyl groups excluding tert-OH is 2. The molecule has 19 aromatic rings. The van der Waals surface area contributed by atoms with Gasteiger partial charge in [0.1, 0.15) is 5.58 Å². The van der Waals surface area contributed by atoms with E-state index in [-0.39, 0.29) is 104 Å². The summed E-state index contributed by atoms with van der Waals surface area (Å²) >= 11 is 1.82. The molecule has 8 aromatic heterocycles. The zero-order valence-electron chi connectivity index (χ0n) is 80.0. The van der Waals surface area contributed by atoms with Crippen LogP contribution in [0, 0.1) is 111 Å². The number of rotatable bonds is 13. The molecule has 4 radical (unpaired) electrons. The third-order valence-electron chi connectivity index (χ3n) is 21.4. The minimum absolute atomic E-state index is 0. The van der Waals surface area contributed by atoms with Crippen molar-refractivity contribution >= 4 is 86.8 Å². The number of aromatic nitrogens is 6. The number of furan rings is 1. The van der Waals surface area contributed by atoms with Crippen molar-refractivity contribution in [3.05, 3.63) is 419 Å². The average molecular weight is 2520 g/mol. The second-order valence-corrected chi connectivity index (χ2v) is 35.3. The van der Waals surface area contributed by atoms with E-state index in [1.165, 1.54) is 126 Å². The number of nitrogens with zero attached hydrogens (tertiary/aromatic N) is 6. The van der Waals surface area contributed by atoms with Crippen molar-refractivity contribution in [3.8, 4) is 78.7 Å². The van der Waals surface area contributed by atoms with Crippen molar-refractivity contribution in [1.82, 2.24) is 29.9 Å². The molecule has 19 rings (SSSR count). The van der Waals surface area contributed by atoms with Crippen molar-refractivity contribution in [2.75, 3.05) is 0 Å². The monoisotopic (exact) mass is 2520 g/mol. The quantitative estimate of drug-likeness (QED) is 0.0641. The third kappa shape index (κ3) is 31.5. The zero-order chi connectivity index (χ0) is 94.1. The molecule has 136 heavy (non-hydrogen) atoms. The number of allylic oxidation sites excluding steroid dienone is 4. The van der Waals surface area contributed by atoms with E-state index in [1.54, 1.807) is 6.92 Å². The summed E-state index contributed by atoms with van der Waals surface area (Å²) in [4.78, 5) is 47.8. The number of hydrogen-bond acceptors (Lipinski definition) is 12.